The van der Waals surface area contributed by atoms with Gasteiger partial charge in [0.1, 0.15) is 17.3 Å². The van der Waals surface area contributed by atoms with Crippen LogP contribution in [0.15, 0.2) is 54.7 Å². The van der Waals surface area contributed by atoms with Crippen molar-refractivity contribution in [1.29, 1.82) is 0 Å². The average Bonchev–Trinajstić information content (AvgIpc) is 3.62. The van der Waals surface area contributed by atoms with Gasteiger partial charge in [0, 0.05) is 30.0 Å². The van der Waals surface area contributed by atoms with E-state index in [0.29, 0.717) is 5.56 Å². The minimum Gasteiger partial charge on any atom is -0.507 e. The third kappa shape index (κ3) is 5.53. The van der Waals surface area contributed by atoms with Gasteiger partial charge in [-0.2, -0.15) is 5.10 Å². The Kier molecular flexibility index (Phi) is 8.16. The number of aromatic hydroxyl groups is 1. The number of H-pyrrole nitrogens is 1. The predicted octanol–water partition coefficient (Wildman–Crippen LogP) is 5.59. The molecule has 0 radical (unpaired) electrons. The molecule has 0 aliphatic rings. The van der Waals surface area contributed by atoms with E-state index < -0.39 is 35.1 Å². The normalized spacial score (nSPS) is 12.0. The Balaban J connectivity index is 1.49. The number of carbonyl (C=O) groups is 1. The highest BCUT2D eigenvalue weighted by atomic mass is 19.1. The summed E-state index contributed by atoms with van der Waals surface area (Å²) in [5, 5.41) is 24.9. The molecule has 1 unspecified atom stereocenters. The number of methoxy groups -OCH3 is 1. The number of fused-ring (bicyclic) bond motifs is 1. The van der Waals surface area contributed by atoms with Gasteiger partial charge in [-0.25, -0.2) is 22.8 Å². The summed E-state index contributed by atoms with van der Waals surface area (Å²) in [6.45, 7) is 1.38. The second kappa shape index (κ2) is 12.0. The molecule has 1 atom stereocenters. The van der Waals surface area contributed by atoms with Gasteiger partial charge in [0.25, 0.3) is 0 Å². The minimum atomic E-state index is -0.924. The fourth-order valence-electron chi connectivity index (χ4n) is 4.68. The molecule has 5 rings (SSSR count). The number of aliphatic hydroxyl groups is 1. The SMILES string of the molecule is COC(=O)CCc1cccc(C(C)c2nc(-c3cc(Oc4c(F)cc5[nH]ccc5c4F)ccc3O)n(CCO)n2)c1F. The number of phenols is 1. The van der Waals surface area contributed by atoms with Gasteiger partial charge in [-0.05, 0) is 41.8 Å². The third-order valence-corrected chi connectivity index (χ3v) is 6.92. The van der Waals surface area contributed by atoms with Crippen LogP contribution in [0.25, 0.3) is 22.3 Å². The van der Waals surface area contributed by atoms with Gasteiger partial charge in [0.15, 0.2) is 29.0 Å². The summed E-state index contributed by atoms with van der Waals surface area (Å²) in [6, 6.07) is 11.4. The number of benzene rings is 3. The molecule has 0 amide bonds. The van der Waals surface area contributed by atoms with E-state index in [4.69, 9.17) is 4.74 Å². The van der Waals surface area contributed by atoms with Gasteiger partial charge in [-0.1, -0.05) is 25.1 Å². The first-order valence-electron chi connectivity index (χ1n) is 13.1. The number of aryl methyl sites for hydroxylation is 1. The van der Waals surface area contributed by atoms with Crippen molar-refractivity contribution in [2.75, 3.05) is 13.7 Å². The van der Waals surface area contributed by atoms with Gasteiger partial charge in [0.2, 0.25) is 0 Å². The number of hydrogen-bond acceptors (Lipinski definition) is 7. The quantitative estimate of drug-likeness (QED) is 0.184. The van der Waals surface area contributed by atoms with Crippen LogP contribution in [0.5, 0.6) is 17.2 Å². The fraction of sp³-hybridized carbons (Fsp3) is 0.233. The molecule has 0 saturated heterocycles. The number of nitrogens with zero attached hydrogens (tertiary/aromatic N) is 3. The summed E-state index contributed by atoms with van der Waals surface area (Å²) in [6.07, 6.45) is 1.64. The molecule has 42 heavy (non-hydrogen) atoms. The van der Waals surface area contributed by atoms with Crippen LogP contribution in [0.3, 0.4) is 0 Å². The summed E-state index contributed by atoms with van der Waals surface area (Å²) in [4.78, 5) is 18.8. The van der Waals surface area contributed by atoms with Gasteiger partial charge >= 0.3 is 5.97 Å². The van der Waals surface area contributed by atoms with Crippen LogP contribution in [0.4, 0.5) is 13.2 Å². The van der Waals surface area contributed by atoms with E-state index in [-0.39, 0.29) is 71.2 Å². The summed E-state index contributed by atoms with van der Waals surface area (Å²) in [5.41, 5.74) is 1.01. The highest BCUT2D eigenvalue weighted by Gasteiger charge is 2.24. The molecular formula is C30H27F3N4O5. The molecule has 2 heterocycles. The van der Waals surface area contributed by atoms with Crippen molar-refractivity contribution in [3.05, 3.63) is 89.1 Å². The fourth-order valence-corrected chi connectivity index (χ4v) is 4.68. The molecule has 3 N–H and O–H groups in total. The van der Waals surface area contributed by atoms with Gasteiger partial charge in [-0.15, -0.1) is 0 Å². The summed E-state index contributed by atoms with van der Waals surface area (Å²) in [7, 11) is 1.27. The Hall–Kier alpha value is -4.84. The van der Waals surface area contributed by atoms with E-state index in [9.17, 15) is 23.8 Å². The monoisotopic (exact) mass is 580 g/mol. The van der Waals surface area contributed by atoms with Crippen molar-refractivity contribution in [1.82, 2.24) is 19.7 Å². The number of carbonyl (C=O) groups excluding carboxylic acids is 1. The van der Waals surface area contributed by atoms with E-state index in [1.165, 1.54) is 42.3 Å². The second-order valence-electron chi connectivity index (χ2n) is 9.58. The molecule has 0 saturated carbocycles. The summed E-state index contributed by atoms with van der Waals surface area (Å²) < 4.78 is 56.7. The first-order chi connectivity index (χ1) is 20.2. The van der Waals surface area contributed by atoms with Crippen molar-refractivity contribution < 1.29 is 37.7 Å². The zero-order valence-electron chi connectivity index (χ0n) is 22.7. The first-order valence-corrected chi connectivity index (χ1v) is 13.1. The van der Waals surface area contributed by atoms with E-state index in [0.717, 1.165) is 6.07 Å². The van der Waals surface area contributed by atoms with Crippen LogP contribution in [0.1, 0.15) is 36.2 Å². The second-order valence-corrected chi connectivity index (χ2v) is 9.58. The number of esters is 1. The van der Waals surface area contributed by atoms with Crippen LogP contribution < -0.4 is 4.74 Å². The van der Waals surface area contributed by atoms with E-state index >= 15 is 4.39 Å². The molecule has 218 valence electrons. The Morgan fingerprint density at radius 1 is 1.12 bits per heavy atom. The lowest BCUT2D eigenvalue weighted by Crippen LogP contribution is -2.08. The Morgan fingerprint density at radius 2 is 1.93 bits per heavy atom. The number of rotatable bonds is 10. The lowest BCUT2D eigenvalue weighted by Gasteiger charge is -2.12. The molecule has 0 fully saturated rings. The van der Waals surface area contributed by atoms with Crippen LogP contribution in [0, 0.1) is 17.5 Å². The maximum absolute atomic E-state index is 15.4. The number of aliphatic hydroxyl groups excluding tert-OH is 1. The molecule has 0 bridgehead atoms. The third-order valence-electron chi connectivity index (χ3n) is 6.92. The molecule has 2 aromatic heterocycles. The zero-order chi connectivity index (χ0) is 30.0. The number of hydrogen-bond donors (Lipinski definition) is 3. The van der Waals surface area contributed by atoms with E-state index in [1.54, 1.807) is 25.1 Å². The standard InChI is InChI=1S/C30H27F3N4O5/c1-16(19-5-3-4-17(26(19)32)6-9-25(40)41-2)29-35-30(37(36-29)12-13-38)21-14-18(7-8-24(21)39)42-28-22(31)15-23-20(27(28)33)10-11-34-23/h3-5,7-8,10-11,14-16,34,38-39H,6,9,12-13H2,1-2H3. The highest BCUT2D eigenvalue weighted by Crippen LogP contribution is 2.38. The molecule has 0 spiro atoms. The number of halogens is 3. The van der Waals surface area contributed by atoms with Crippen molar-refractivity contribution in [2.24, 2.45) is 0 Å². The summed E-state index contributed by atoms with van der Waals surface area (Å²) >= 11 is 0. The number of ether oxygens (including phenoxy) is 2. The Morgan fingerprint density at radius 3 is 2.69 bits per heavy atom. The highest BCUT2D eigenvalue weighted by molar-refractivity contribution is 5.82. The van der Waals surface area contributed by atoms with Crippen LogP contribution in [-0.4, -0.2) is 49.6 Å². The molecule has 0 aliphatic carbocycles. The van der Waals surface area contributed by atoms with Gasteiger partial charge in [0.05, 0.1) is 31.3 Å². The summed E-state index contributed by atoms with van der Waals surface area (Å²) in [5.74, 6) is -3.95. The van der Waals surface area contributed by atoms with E-state index in [1.807, 2.05) is 0 Å². The molecule has 0 aliphatic heterocycles. The molecule has 12 heteroatoms. The van der Waals surface area contributed by atoms with Crippen molar-refractivity contribution in [3.63, 3.8) is 0 Å². The van der Waals surface area contributed by atoms with Crippen LogP contribution in [-0.2, 0) is 22.5 Å². The number of aromatic amines is 1. The molecule has 9 nitrogen and oxygen atoms in total. The molecule has 5 aromatic rings. The maximum atomic E-state index is 15.4. The van der Waals surface area contributed by atoms with E-state index in [2.05, 4.69) is 19.8 Å². The topological polar surface area (TPSA) is 122 Å². The minimum absolute atomic E-state index is 0.00532. The van der Waals surface area contributed by atoms with Crippen molar-refractivity contribution in [2.45, 2.75) is 32.2 Å². The number of aromatic nitrogens is 4. The smallest absolute Gasteiger partial charge is 0.305 e. The lowest BCUT2D eigenvalue weighted by atomic mass is 9.96. The maximum Gasteiger partial charge on any atom is 0.305 e. The Bertz CT molecular complexity index is 1770. The van der Waals surface area contributed by atoms with Crippen molar-refractivity contribution >= 4 is 16.9 Å². The molecular weight excluding hydrogens is 553 g/mol. The van der Waals surface area contributed by atoms with Crippen LogP contribution in [0.2, 0.25) is 0 Å². The lowest BCUT2D eigenvalue weighted by molar-refractivity contribution is -0.140. The van der Waals surface area contributed by atoms with Crippen LogP contribution >= 0.6 is 0 Å². The van der Waals surface area contributed by atoms with Gasteiger partial charge in [-0.3, -0.25) is 4.79 Å². The van der Waals surface area contributed by atoms with Gasteiger partial charge < -0.3 is 24.7 Å². The van der Waals surface area contributed by atoms with Crippen molar-refractivity contribution in [3.8, 4) is 28.6 Å². The number of phenolic OH excluding ortho intramolecular Hbond substituents is 1. The number of nitrogens with one attached hydrogen (secondary N) is 1. The zero-order valence-corrected chi connectivity index (χ0v) is 22.7. The first kappa shape index (κ1) is 28.7. The Labute approximate surface area is 238 Å². The molecule has 3 aromatic carbocycles. The predicted molar refractivity (Wildman–Crippen MR) is 147 cm³/mol. The largest absolute Gasteiger partial charge is 0.507 e. The average molecular weight is 581 g/mol.